The summed E-state index contributed by atoms with van der Waals surface area (Å²) in [5.41, 5.74) is 7.55. The number of aromatic nitrogens is 1. The minimum absolute atomic E-state index is 0.436. The summed E-state index contributed by atoms with van der Waals surface area (Å²) < 4.78 is 39.3. The van der Waals surface area contributed by atoms with Crippen molar-refractivity contribution in [1.29, 1.82) is 0 Å². The predicted molar refractivity (Wildman–Crippen MR) is 101 cm³/mol. The Labute approximate surface area is 159 Å². The number of hydrogen-bond acceptors (Lipinski definition) is 1. The lowest BCUT2D eigenvalue weighted by Gasteiger charge is -2.10. The first-order valence-corrected chi connectivity index (χ1v) is 8.94. The highest BCUT2D eigenvalue weighted by Crippen LogP contribution is 2.38. The average Bonchev–Trinajstić information content (AvgIpc) is 2.93. The lowest BCUT2D eigenvalue weighted by atomic mass is 9.99. The van der Waals surface area contributed by atoms with Crippen LogP contribution in [-0.2, 0) is 12.6 Å². The number of unbranched alkanes of at least 4 members (excludes halogenated alkanes) is 1. The van der Waals surface area contributed by atoms with Gasteiger partial charge in [0, 0.05) is 16.1 Å². The van der Waals surface area contributed by atoms with Gasteiger partial charge in [-0.3, -0.25) is 0 Å². The maximum Gasteiger partial charge on any atom is 0.416 e. The average molecular weight is 401 g/mol. The number of rotatable bonds is 5. The number of aryl methyl sites for hydroxylation is 1. The third-order valence-electron chi connectivity index (χ3n) is 4.29. The van der Waals surface area contributed by atoms with Crippen molar-refractivity contribution >= 4 is 34.1 Å². The molecule has 0 fully saturated rings. The molecule has 0 unspecified atom stereocenters. The van der Waals surface area contributed by atoms with Crippen LogP contribution in [0.15, 0.2) is 36.4 Å². The molecule has 7 heteroatoms. The Morgan fingerprint density at radius 2 is 1.81 bits per heavy atom. The zero-order valence-electron chi connectivity index (χ0n) is 13.8. The molecule has 0 radical (unpaired) electrons. The van der Waals surface area contributed by atoms with E-state index in [1.54, 1.807) is 18.2 Å². The van der Waals surface area contributed by atoms with E-state index in [1.165, 1.54) is 6.07 Å². The number of benzene rings is 2. The number of hydrogen-bond donors (Lipinski definition) is 2. The Morgan fingerprint density at radius 1 is 1.04 bits per heavy atom. The van der Waals surface area contributed by atoms with Crippen LogP contribution in [0.3, 0.4) is 0 Å². The minimum atomic E-state index is -4.40. The maximum absolute atomic E-state index is 13.1. The molecular weight excluding hydrogens is 384 g/mol. The van der Waals surface area contributed by atoms with Crippen molar-refractivity contribution in [2.75, 3.05) is 6.54 Å². The Hall–Kier alpha value is -1.69. The fraction of sp³-hybridized carbons (Fsp3) is 0.263. The number of fused-ring (bicyclic) bond motifs is 1. The second kappa shape index (κ2) is 7.51. The van der Waals surface area contributed by atoms with E-state index in [0.29, 0.717) is 39.8 Å². The summed E-state index contributed by atoms with van der Waals surface area (Å²) in [6.07, 6.45) is -2.09. The molecule has 0 aliphatic carbocycles. The number of halogens is 5. The Morgan fingerprint density at radius 3 is 2.50 bits per heavy atom. The maximum atomic E-state index is 13.1. The van der Waals surface area contributed by atoms with Gasteiger partial charge in [-0.2, -0.15) is 13.2 Å². The van der Waals surface area contributed by atoms with E-state index in [-0.39, 0.29) is 0 Å². The van der Waals surface area contributed by atoms with E-state index < -0.39 is 11.7 Å². The molecule has 0 saturated carbocycles. The van der Waals surface area contributed by atoms with Gasteiger partial charge in [0.25, 0.3) is 0 Å². The van der Waals surface area contributed by atoms with Gasteiger partial charge in [0.15, 0.2) is 0 Å². The smallest absolute Gasteiger partial charge is 0.353 e. The Balaban J connectivity index is 2.18. The number of alkyl halides is 3. The molecule has 2 aromatic carbocycles. The summed E-state index contributed by atoms with van der Waals surface area (Å²) >= 11 is 12.4. The zero-order valence-corrected chi connectivity index (χ0v) is 15.3. The highest BCUT2D eigenvalue weighted by atomic mass is 35.5. The van der Waals surface area contributed by atoms with Gasteiger partial charge in [0.05, 0.1) is 16.1 Å². The molecule has 0 aliphatic heterocycles. The van der Waals surface area contributed by atoms with E-state index in [0.717, 1.165) is 35.9 Å². The van der Waals surface area contributed by atoms with Crippen molar-refractivity contribution in [3.05, 3.63) is 57.6 Å². The van der Waals surface area contributed by atoms with Crippen LogP contribution in [0.1, 0.15) is 24.0 Å². The van der Waals surface area contributed by atoms with E-state index in [1.807, 2.05) is 0 Å². The summed E-state index contributed by atoms with van der Waals surface area (Å²) in [6.45, 7) is 0.558. The molecule has 1 aromatic heterocycles. The third kappa shape index (κ3) is 3.85. The van der Waals surface area contributed by atoms with Crippen molar-refractivity contribution in [1.82, 2.24) is 4.98 Å². The van der Waals surface area contributed by atoms with E-state index in [4.69, 9.17) is 28.9 Å². The normalized spacial score (nSPS) is 12.1. The fourth-order valence-electron chi connectivity index (χ4n) is 3.08. The van der Waals surface area contributed by atoms with Crippen molar-refractivity contribution in [2.45, 2.75) is 25.4 Å². The molecule has 0 atom stereocenters. The van der Waals surface area contributed by atoms with Crippen molar-refractivity contribution < 1.29 is 13.2 Å². The molecule has 0 saturated heterocycles. The predicted octanol–water partition coefficient (Wildman–Crippen LogP) is 6.44. The van der Waals surface area contributed by atoms with Crippen LogP contribution in [0.4, 0.5) is 13.2 Å². The van der Waals surface area contributed by atoms with E-state index in [2.05, 4.69) is 4.98 Å². The summed E-state index contributed by atoms with van der Waals surface area (Å²) in [5, 5.41) is 1.75. The van der Waals surface area contributed by atoms with Crippen molar-refractivity contribution in [3.63, 3.8) is 0 Å². The Kier molecular flexibility index (Phi) is 5.51. The number of nitrogens with two attached hydrogens (primary N) is 1. The molecule has 3 rings (SSSR count). The lowest BCUT2D eigenvalue weighted by Crippen LogP contribution is -2.04. The number of nitrogens with one attached hydrogen (secondary N) is 1. The minimum Gasteiger partial charge on any atom is -0.353 e. The van der Waals surface area contributed by atoms with Gasteiger partial charge in [-0.15, -0.1) is 0 Å². The number of H-pyrrole nitrogens is 1. The molecule has 0 bridgehead atoms. The molecule has 26 heavy (non-hydrogen) atoms. The summed E-state index contributed by atoms with van der Waals surface area (Å²) in [5.74, 6) is 0. The summed E-state index contributed by atoms with van der Waals surface area (Å²) in [4.78, 5) is 3.19. The van der Waals surface area contributed by atoms with Crippen LogP contribution >= 0.6 is 23.2 Å². The van der Waals surface area contributed by atoms with Crippen molar-refractivity contribution in [2.24, 2.45) is 5.73 Å². The standard InChI is InChI=1S/C19H17Cl2F3N2/c20-13-9-15-14(6-1-2-7-25)17(26-18(15)16(21)10-13)11-4-3-5-12(8-11)19(22,23)24/h3-5,8-10,26H,1-2,6-7,25H2. The topological polar surface area (TPSA) is 41.8 Å². The van der Waals surface area contributed by atoms with Crippen molar-refractivity contribution in [3.8, 4) is 11.3 Å². The third-order valence-corrected chi connectivity index (χ3v) is 4.81. The summed E-state index contributed by atoms with van der Waals surface area (Å²) in [6, 6.07) is 8.66. The molecule has 138 valence electrons. The quantitative estimate of drug-likeness (QED) is 0.475. The monoisotopic (exact) mass is 400 g/mol. The Bertz CT molecular complexity index is 932. The molecule has 1 heterocycles. The first-order chi connectivity index (χ1) is 12.3. The van der Waals surface area contributed by atoms with Gasteiger partial charge in [0.1, 0.15) is 0 Å². The molecular formula is C19H17Cl2F3N2. The second-order valence-electron chi connectivity index (χ2n) is 6.11. The van der Waals surface area contributed by atoms with Gasteiger partial charge in [-0.05, 0) is 61.2 Å². The van der Waals surface area contributed by atoms with Gasteiger partial charge in [-0.1, -0.05) is 35.3 Å². The highest BCUT2D eigenvalue weighted by molar-refractivity contribution is 6.38. The molecule has 2 nitrogen and oxygen atoms in total. The molecule has 0 spiro atoms. The van der Waals surface area contributed by atoms with Crippen LogP contribution in [0.5, 0.6) is 0 Å². The lowest BCUT2D eigenvalue weighted by molar-refractivity contribution is -0.137. The van der Waals surface area contributed by atoms with Crippen LogP contribution in [-0.4, -0.2) is 11.5 Å². The second-order valence-corrected chi connectivity index (χ2v) is 6.96. The van der Waals surface area contributed by atoms with Gasteiger partial charge in [-0.25, -0.2) is 0 Å². The first-order valence-electron chi connectivity index (χ1n) is 8.18. The largest absolute Gasteiger partial charge is 0.416 e. The SMILES string of the molecule is NCCCCc1c(-c2cccc(C(F)(F)F)c2)[nH]c2c(Cl)cc(Cl)cc12. The van der Waals surface area contributed by atoms with Crippen LogP contribution in [0.25, 0.3) is 22.2 Å². The first kappa shape index (κ1) is 19.1. The van der Waals surface area contributed by atoms with Gasteiger partial charge in [0.2, 0.25) is 0 Å². The van der Waals surface area contributed by atoms with Gasteiger partial charge < -0.3 is 10.7 Å². The van der Waals surface area contributed by atoms with Crippen LogP contribution < -0.4 is 5.73 Å². The molecule has 0 amide bonds. The molecule has 0 aliphatic rings. The zero-order chi connectivity index (χ0) is 18.9. The van der Waals surface area contributed by atoms with Gasteiger partial charge >= 0.3 is 6.18 Å². The van der Waals surface area contributed by atoms with Crippen LogP contribution in [0.2, 0.25) is 10.0 Å². The highest BCUT2D eigenvalue weighted by Gasteiger charge is 2.30. The molecule has 3 aromatic rings. The van der Waals surface area contributed by atoms with E-state index >= 15 is 0 Å². The molecule has 3 N–H and O–H groups in total. The van der Waals surface area contributed by atoms with E-state index in [9.17, 15) is 13.2 Å². The van der Waals surface area contributed by atoms with Crippen LogP contribution in [0, 0.1) is 0 Å². The summed E-state index contributed by atoms with van der Waals surface area (Å²) in [7, 11) is 0. The fourth-order valence-corrected chi connectivity index (χ4v) is 3.62. The number of aromatic amines is 1.